The van der Waals surface area contributed by atoms with E-state index in [1.54, 1.807) is 0 Å². The standard InChI is InChI=1S/C30H51N2/c1-3-5-7-9-11-12-13-14-16-21-25-32-27-26-31(24-20-15-10-8-6-4-2)30(32)28-29-22-18-17-19-23-29/h17-19,22-23,26-27H,3-16,20-21,24-25,28H2,1-2H3/q+1. The second-order valence-corrected chi connectivity index (χ2v) is 9.71. The fraction of sp³-hybridized carbons (Fsp3) is 0.700. The van der Waals surface area contributed by atoms with Crippen molar-refractivity contribution in [1.82, 2.24) is 4.57 Å². The third-order valence-corrected chi connectivity index (χ3v) is 6.80. The van der Waals surface area contributed by atoms with E-state index in [1.165, 1.54) is 127 Å². The Morgan fingerprint density at radius 3 is 1.75 bits per heavy atom. The van der Waals surface area contributed by atoms with Gasteiger partial charge in [0.15, 0.2) is 0 Å². The van der Waals surface area contributed by atoms with Crippen LogP contribution in [0.25, 0.3) is 0 Å². The van der Waals surface area contributed by atoms with Gasteiger partial charge in [-0.25, -0.2) is 9.13 Å². The first-order valence-electron chi connectivity index (χ1n) is 14.0. The van der Waals surface area contributed by atoms with Gasteiger partial charge in [0, 0.05) is 0 Å². The van der Waals surface area contributed by atoms with Crippen LogP contribution >= 0.6 is 0 Å². The van der Waals surface area contributed by atoms with E-state index < -0.39 is 0 Å². The van der Waals surface area contributed by atoms with E-state index in [2.05, 4.69) is 65.7 Å². The lowest BCUT2D eigenvalue weighted by atomic mass is 10.1. The van der Waals surface area contributed by atoms with Gasteiger partial charge in [-0.3, -0.25) is 0 Å². The average Bonchev–Trinajstić information content (AvgIpc) is 3.19. The summed E-state index contributed by atoms with van der Waals surface area (Å²) in [6.45, 7) is 6.93. The molecule has 2 heteroatoms. The molecule has 0 aliphatic carbocycles. The van der Waals surface area contributed by atoms with Crippen LogP contribution in [0.3, 0.4) is 0 Å². The molecule has 2 aromatic rings. The number of aryl methyl sites for hydroxylation is 2. The molecule has 0 amide bonds. The van der Waals surface area contributed by atoms with Gasteiger partial charge in [0.05, 0.1) is 19.5 Å². The molecule has 0 atom stereocenters. The van der Waals surface area contributed by atoms with Crippen molar-refractivity contribution >= 4 is 0 Å². The van der Waals surface area contributed by atoms with Crippen molar-refractivity contribution in [3.8, 4) is 0 Å². The highest BCUT2D eigenvalue weighted by molar-refractivity contribution is 5.18. The van der Waals surface area contributed by atoms with Crippen LogP contribution in [0.1, 0.15) is 128 Å². The zero-order valence-electron chi connectivity index (χ0n) is 21.4. The summed E-state index contributed by atoms with van der Waals surface area (Å²) in [6, 6.07) is 11.0. The molecule has 0 aliphatic rings. The minimum atomic E-state index is 1.04. The van der Waals surface area contributed by atoms with Gasteiger partial charge in [0.25, 0.3) is 5.82 Å². The SMILES string of the molecule is CCCCCCCCCCCC[n+]1ccn(CCCCCCCC)c1Cc1ccccc1. The van der Waals surface area contributed by atoms with Crippen molar-refractivity contribution in [3.05, 3.63) is 54.1 Å². The normalized spacial score (nSPS) is 11.3. The van der Waals surface area contributed by atoms with Crippen LogP contribution in [0.2, 0.25) is 0 Å². The van der Waals surface area contributed by atoms with Gasteiger partial charge in [0.2, 0.25) is 0 Å². The lowest BCUT2D eigenvalue weighted by Crippen LogP contribution is -2.37. The van der Waals surface area contributed by atoms with E-state index in [-0.39, 0.29) is 0 Å². The second kappa shape index (κ2) is 17.9. The molecule has 0 radical (unpaired) electrons. The predicted octanol–water partition coefficient (Wildman–Crippen LogP) is 8.65. The smallest absolute Gasteiger partial charge is 0.234 e. The van der Waals surface area contributed by atoms with E-state index in [9.17, 15) is 0 Å². The van der Waals surface area contributed by atoms with Crippen LogP contribution in [0.15, 0.2) is 42.7 Å². The van der Waals surface area contributed by atoms with Crippen molar-refractivity contribution < 1.29 is 4.57 Å². The van der Waals surface area contributed by atoms with E-state index in [0.717, 1.165) is 6.42 Å². The summed E-state index contributed by atoms with van der Waals surface area (Å²) in [6.07, 6.45) is 27.9. The lowest BCUT2D eigenvalue weighted by Gasteiger charge is -2.07. The number of unbranched alkanes of at least 4 members (excludes halogenated alkanes) is 14. The number of aromatic nitrogens is 2. The molecule has 0 aliphatic heterocycles. The fourth-order valence-corrected chi connectivity index (χ4v) is 4.72. The van der Waals surface area contributed by atoms with Gasteiger partial charge in [-0.1, -0.05) is 121 Å². The van der Waals surface area contributed by atoms with Gasteiger partial charge in [-0.2, -0.15) is 0 Å². The van der Waals surface area contributed by atoms with Gasteiger partial charge in [0.1, 0.15) is 12.4 Å². The molecule has 0 spiro atoms. The summed E-state index contributed by atoms with van der Waals surface area (Å²) < 4.78 is 5.07. The fourth-order valence-electron chi connectivity index (χ4n) is 4.72. The van der Waals surface area contributed by atoms with Gasteiger partial charge in [-0.15, -0.1) is 0 Å². The minimum Gasteiger partial charge on any atom is -0.234 e. The number of rotatable bonds is 20. The zero-order valence-corrected chi connectivity index (χ0v) is 21.4. The van der Waals surface area contributed by atoms with Crippen LogP contribution in [0, 0.1) is 0 Å². The first kappa shape index (κ1) is 26.7. The number of hydrogen-bond acceptors (Lipinski definition) is 0. The number of benzene rings is 1. The maximum Gasteiger partial charge on any atom is 0.260 e. The van der Waals surface area contributed by atoms with E-state index >= 15 is 0 Å². The summed E-state index contributed by atoms with van der Waals surface area (Å²) in [5.74, 6) is 1.49. The molecule has 0 fully saturated rings. The molecule has 1 heterocycles. The van der Waals surface area contributed by atoms with Crippen LogP contribution in [0.5, 0.6) is 0 Å². The van der Waals surface area contributed by atoms with Crippen LogP contribution in [-0.2, 0) is 19.5 Å². The van der Waals surface area contributed by atoms with E-state index in [4.69, 9.17) is 0 Å². The Hall–Kier alpha value is -1.57. The van der Waals surface area contributed by atoms with Crippen LogP contribution < -0.4 is 4.57 Å². The lowest BCUT2D eigenvalue weighted by molar-refractivity contribution is -0.703. The molecule has 180 valence electrons. The van der Waals surface area contributed by atoms with Gasteiger partial charge in [-0.05, 0) is 31.2 Å². The first-order chi connectivity index (χ1) is 15.8. The molecular weight excluding hydrogens is 388 g/mol. The third-order valence-electron chi connectivity index (χ3n) is 6.80. The zero-order chi connectivity index (χ0) is 22.7. The monoisotopic (exact) mass is 439 g/mol. The maximum absolute atomic E-state index is 2.54. The molecular formula is C30H51N2+. The van der Waals surface area contributed by atoms with E-state index in [1.807, 2.05) is 0 Å². The van der Waals surface area contributed by atoms with Crippen molar-refractivity contribution in [2.24, 2.45) is 0 Å². The molecule has 0 unspecified atom stereocenters. The molecule has 2 nitrogen and oxygen atoms in total. The molecule has 32 heavy (non-hydrogen) atoms. The Bertz CT molecular complexity index is 673. The number of imidazole rings is 1. The topological polar surface area (TPSA) is 8.81 Å². The van der Waals surface area contributed by atoms with Crippen molar-refractivity contribution in [1.29, 1.82) is 0 Å². The van der Waals surface area contributed by atoms with Crippen LogP contribution in [-0.4, -0.2) is 4.57 Å². The molecule has 0 saturated carbocycles. The minimum absolute atomic E-state index is 1.04. The second-order valence-electron chi connectivity index (χ2n) is 9.71. The summed E-state index contributed by atoms with van der Waals surface area (Å²) >= 11 is 0. The molecule has 0 saturated heterocycles. The molecule has 0 N–H and O–H groups in total. The van der Waals surface area contributed by atoms with Crippen LogP contribution in [0.4, 0.5) is 0 Å². The maximum atomic E-state index is 2.54. The number of nitrogens with zero attached hydrogens (tertiary/aromatic N) is 2. The van der Waals surface area contributed by atoms with Gasteiger partial charge >= 0.3 is 0 Å². The number of hydrogen-bond donors (Lipinski definition) is 0. The summed E-state index contributed by atoms with van der Waals surface area (Å²) in [5, 5.41) is 0. The van der Waals surface area contributed by atoms with Crippen molar-refractivity contribution in [3.63, 3.8) is 0 Å². The third kappa shape index (κ3) is 11.3. The molecule has 1 aromatic heterocycles. The van der Waals surface area contributed by atoms with Crippen molar-refractivity contribution in [2.45, 2.75) is 136 Å². The molecule has 0 bridgehead atoms. The Labute approximate surface area is 199 Å². The van der Waals surface area contributed by atoms with Gasteiger partial charge < -0.3 is 0 Å². The summed E-state index contributed by atoms with van der Waals surface area (Å²) in [7, 11) is 0. The first-order valence-corrected chi connectivity index (χ1v) is 14.0. The largest absolute Gasteiger partial charge is 0.260 e. The molecule has 1 aromatic carbocycles. The average molecular weight is 440 g/mol. The predicted molar refractivity (Wildman–Crippen MR) is 139 cm³/mol. The molecule has 2 rings (SSSR count). The Morgan fingerprint density at radius 2 is 1.16 bits per heavy atom. The quantitative estimate of drug-likeness (QED) is 0.144. The summed E-state index contributed by atoms with van der Waals surface area (Å²) in [5.41, 5.74) is 1.42. The summed E-state index contributed by atoms with van der Waals surface area (Å²) in [4.78, 5) is 0. The van der Waals surface area contributed by atoms with Crippen molar-refractivity contribution in [2.75, 3.05) is 0 Å². The Morgan fingerprint density at radius 1 is 0.625 bits per heavy atom. The Balaban J connectivity index is 1.76. The highest BCUT2D eigenvalue weighted by atomic mass is 15.1. The highest BCUT2D eigenvalue weighted by Crippen LogP contribution is 2.13. The highest BCUT2D eigenvalue weighted by Gasteiger charge is 2.17. The van der Waals surface area contributed by atoms with E-state index in [0.29, 0.717) is 0 Å². The Kier molecular flexibility index (Phi) is 14.9.